The number of hydrogen-bond acceptors (Lipinski definition) is 12. The number of nitrogens with one attached hydrogen (secondary N) is 3. The topological polar surface area (TPSA) is 194 Å². The molecule has 3 aliphatic rings. The van der Waals surface area contributed by atoms with Crippen LogP contribution in [0, 0.1) is 6.92 Å². The van der Waals surface area contributed by atoms with Crippen LogP contribution in [0.3, 0.4) is 0 Å². The molecule has 0 aliphatic carbocycles. The molecule has 0 bridgehead atoms. The maximum Gasteiger partial charge on any atom is 0.339 e. The van der Waals surface area contributed by atoms with Gasteiger partial charge in [-0.15, -0.1) is 0 Å². The lowest BCUT2D eigenvalue weighted by molar-refractivity contribution is -0.146. The van der Waals surface area contributed by atoms with E-state index < -0.39 is 64.8 Å². The first-order valence-electron chi connectivity index (χ1n) is 14.1. The summed E-state index contributed by atoms with van der Waals surface area (Å²) in [5.41, 5.74) is -1.13. The van der Waals surface area contributed by atoms with Gasteiger partial charge >= 0.3 is 11.9 Å². The highest BCUT2D eigenvalue weighted by molar-refractivity contribution is 6.08. The highest BCUT2D eigenvalue weighted by Crippen LogP contribution is 2.37. The summed E-state index contributed by atoms with van der Waals surface area (Å²) >= 11 is 0. The lowest BCUT2D eigenvalue weighted by Gasteiger charge is -2.28. The molecule has 3 saturated heterocycles. The fraction of sp³-hybridized carbons (Fsp3) is 0.387. The van der Waals surface area contributed by atoms with E-state index in [1.165, 1.54) is 20.1 Å². The molecule has 14 heteroatoms. The van der Waals surface area contributed by atoms with Gasteiger partial charge in [0.1, 0.15) is 41.2 Å². The lowest BCUT2D eigenvalue weighted by Crippen LogP contribution is -2.51. The quantitative estimate of drug-likeness (QED) is 0.128. The molecule has 2 amide bonds. The molecule has 0 unspecified atom stereocenters. The van der Waals surface area contributed by atoms with Crippen LogP contribution in [0.15, 0.2) is 53.7 Å². The number of aliphatic hydroxyl groups is 1. The monoisotopic (exact) mass is 623 g/mol. The minimum Gasteiger partial charge on any atom is -0.513 e. The minimum atomic E-state index is -1.55. The second-order valence-electron chi connectivity index (χ2n) is 11.1. The van der Waals surface area contributed by atoms with Crippen LogP contribution in [0.2, 0.25) is 0 Å². The summed E-state index contributed by atoms with van der Waals surface area (Å²) in [6, 6.07) is 8.70. The SMILES string of the molecule is COc1cc(C(=O)O[C@H](C(=O)N/C(C(=O)N/C(=C\O)C(C)=O)=C2/NC[C@H]3O[C@H]3[C@@H]2OC(C)=O)[C@]2(C)CO2)c2cccc(C)c2c1. The number of esters is 2. The first kappa shape index (κ1) is 31.5. The molecule has 2 aromatic rings. The number of amides is 2. The number of Topliss-reactive ketones (excluding diaryl/α,β-unsaturated/α-hetero) is 1. The molecule has 3 aliphatic heterocycles. The Hall–Kier alpha value is -4.95. The summed E-state index contributed by atoms with van der Waals surface area (Å²) in [5, 5.41) is 18.5. The number of benzene rings is 2. The summed E-state index contributed by atoms with van der Waals surface area (Å²) in [6.45, 7) is 6.03. The van der Waals surface area contributed by atoms with Crippen molar-refractivity contribution < 1.29 is 52.8 Å². The van der Waals surface area contributed by atoms with E-state index in [0.29, 0.717) is 17.4 Å². The van der Waals surface area contributed by atoms with Gasteiger partial charge < -0.3 is 44.7 Å². The second kappa shape index (κ2) is 12.2. The Morgan fingerprint density at radius 3 is 2.49 bits per heavy atom. The van der Waals surface area contributed by atoms with Gasteiger partial charge in [0, 0.05) is 20.4 Å². The average Bonchev–Trinajstić information content (AvgIpc) is 3.93. The molecule has 4 N–H and O–H groups in total. The van der Waals surface area contributed by atoms with Gasteiger partial charge in [0.25, 0.3) is 11.8 Å². The van der Waals surface area contributed by atoms with E-state index in [2.05, 4.69) is 16.0 Å². The van der Waals surface area contributed by atoms with E-state index in [9.17, 15) is 29.1 Å². The molecule has 3 fully saturated rings. The largest absolute Gasteiger partial charge is 0.513 e. The number of rotatable bonds is 10. The molecule has 0 aromatic heterocycles. The van der Waals surface area contributed by atoms with Crippen LogP contribution in [0.25, 0.3) is 10.8 Å². The van der Waals surface area contributed by atoms with Crippen molar-refractivity contribution in [3.05, 3.63) is 64.8 Å². The third-order valence-corrected chi connectivity index (χ3v) is 7.75. The van der Waals surface area contributed by atoms with Gasteiger partial charge in [-0.1, -0.05) is 18.2 Å². The number of methoxy groups -OCH3 is 1. The predicted molar refractivity (Wildman–Crippen MR) is 156 cm³/mol. The molecule has 5 atom stereocenters. The van der Waals surface area contributed by atoms with Gasteiger partial charge in [-0.3, -0.25) is 19.2 Å². The molecule has 45 heavy (non-hydrogen) atoms. The van der Waals surface area contributed by atoms with E-state index in [1.807, 2.05) is 13.0 Å². The van der Waals surface area contributed by atoms with E-state index >= 15 is 0 Å². The van der Waals surface area contributed by atoms with Crippen LogP contribution < -0.4 is 20.7 Å². The Balaban J connectivity index is 1.50. The number of fused-ring (bicyclic) bond motifs is 2. The first-order chi connectivity index (χ1) is 21.4. The number of ketones is 1. The zero-order chi connectivity index (χ0) is 32.6. The Labute approximate surface area is 257 Å². The summed E-state index contributed by atoms with van der Waals surface area (Å²) in [6.07, 6.45) is -3.14. The molecule has 238 valence electrons. The molecule has 14 nitrogen and oxygen atoms in total. The van der Waals surface area contributed by atoms with Crippen LogP contribution in [0.4, 0.5) is 0 Å². The van der Waals surface area contributed by atoms with Crippen molar-refractivity contribution in [2.24, 2.45) is 0 Å². The van der Waals surface area contributed by atoms with Crippen molar-refractivity contribution >= 4 is 40.3 Å². The molecular formula is C31H33N3O11. The number of ether oxygens (including phenoxy) is 5. The van der Waals surface area contributed by atoms with Crippen LogP contribution >= 0.6 is 0 Å². The highest BCUT2D eigenvalue weighted by Gasteiger charge is 2.55. The molecule has 0 spiro atoms. The van der Waals surface area contributed by atoms with E-state index in [0.717, 1.165) is 17.9 Å². The van der Waals surface area contributed by atoms with Crippen molar-refractivity contribution in [1.29, 1.82) is 0 Å². The number of epoxide rings is 2. The summed E-state index contributed by atoms with van der Waals surface area (Å²) < 4.78 is 27.6. The second-order valence-corrected chi connectivity index (χ2v) is 11.1. The smallest absolute Gasteiger partial charge is 0.339 e. The maximum atomic E-state index is 13.9. The number of carbonyl (C=O) groups excluding carboxylic acids is 5. The minimum absolute atomic E-state index is 0.0168. The summed E-state index contributed by atoms with van der Waals surface area (Å²) in [7, 11) is 1.46. The predicted octanol–water partition coefficient (Wildman–Crippen LogP) is 1.21. The van der Waals surface area contributed by atoms with E-state index in [1.54, 1.807) is 25.1 Å². The molecule has 5 rings (SSSR count). The summed E-state index contributed by atoms with van der Waals surface area (Å²) in [5.74, 6) is -3.76. The van der Waals surface area contributed by atoms with Crippen molar-refractivity contribution in [2.45, 2.75) is 57.7 Å². The fourth-order valence-corrected chi connectivity index (χ4v) is 5.12. The highest BCUT2D eigenvalue weighted by atomic mass is 16.6. The number of piperidine rings is 1. The number of aliphatic hydroxyl groups excluding tert-OH is 1. The zero-order valence-corrected chi connectivity index (χ0v) is 25.2. The Bertz CT molecular complexity index is 1660. The van der Waals surface area contributed by atoms with Crippen molar-refractivity contribution in [3.8, 4) is 5.75 Å². The lowest BCUT2D eigenvalue weighted by atomic mass is 9.99. The fourth-order valence-electron chi connectivity index (χ4n) is 5.12. The van der Waals surface area contributed by atoms with Crippen molar-refractivity contribution in [2.75, 3.05) is 20.3 Å². The van der Waals surface area contributed by atoms with Gasteiger partial charge in [-0.05, 0) is 42.3 Å². The molecule has 0 saturated carbocycles. The Kier molecular flexibility index (Phi) is 8.54. The number of hydrogen-bond donors (Lipinski definition) is 4. The Morgan fingerprint density at radius 2 is 1.87 bits per heavy atom. The Morgan fingerprint density at radius 1 is 1.13 bits per heavy atom. The summed E-state index contributed by atoms with van der Waals surface area (Å²) in [4.78, 5) is 64.9. The molecule has 2 aromatic carbocycles. The number of carbonyl (C=O) groups is 5. The van der Waals surface area contributed by atoms with Crippen molar-refractivity contribution in [1.82, 2.24) is 16.0 Å². The normalized spacial score (nSPS) is 25.1. The third-order valence-electron chi connectivity index (χ3n) is 7.75. The van der Waals surface area contributed by atoms with Crippen LogP contribution in [-0.2, 0) is 38.1 Å². The van der Waals surface area contributed by atoms with Gasteiger partial charge in [-0.25, -0.2) is 4.79 Å². The van der Waals surface area contributed by atoms with Crippen molar-refractivity contribution in [3.63, 3.8) is 0 Å². The number of aryl methyl sites for hydroxylation is 1. The first-order valence-corrected chi connectivity index (χ1v) is 14.1. The van der Waals surface area contributed by atoms with Gasteiger partial charge in [0.2, 0.25) is 6.10 Å². The number of allylic oxidation sites excluding steroid dienone is 1. The third kappa shape index (κ3) is 6.47. The molecular weight excluding hydrogens is 590 g/mol. The average molecular weight is 624 g/mol. The standard InChI is InChI=1S/C31H33N3O11/c1-14-7-6-8-18-19(14)9-17(41-5)10-20(18)30(40)45-27(31(4)13-42-31)29(39)34-24(28(38)33-21(12-35)15(2)36)23-26(43-16(3)37)25-22(44-25)11-32-23/h6-10,12,22,25-27,32,35H,11,13H2,1-5H3,(H,33,38)(H,34,39)/b21-12-,24-23+/t22-,25-,26-,27-,31+/m1/s1. The molecule has 0 radical (unpaired) electrons. The van der Waals surface area contributed by atoms with Gasteiger partial charge in [-0.2, -0.15) is 0 Å². The molecule has 3 heterocycles. The van der Waals surface area contributed by atoms with Crippen LogP contribution in [0.5, 0.6) is 5.75 Å². The van der Waals surface area contributed by atoms with E-state index in [-0.39, 0.29) is 30.5 Å². The van der Waals surface area contributed by atoms with Gasteiger partial charge in [0.05, 0.1) is 25.0 Å². The zero-order valence-electron chi connectivity index (χ0n) is 25.2. The van der Waals surface area contributed by atoms with E-state index in [4.69, 9.17) is 23.7 Å². The van der Waals surface area contributed by atoms with Crippen LogP contribution in [-0.4, -0.2) is 84.9 Å². The maximum absolute atomic E-state index is 13.9. The van der Waals surface area contributed by atoms with Gasteiger partial charge in [0.15, 0.2) is 11.9 Å². The van der Waals surface area contributed by atoms with Crippen LogP contribution in [0.1, 0.15) is 36.7 Å².